The topological polar surface area (TPSA) is 73.9 Å². The molecule has 7 heteroatoms. The van der Waals surface area contributed by atoms with Gasteiger partial charge in [-0.15, -0.1) is 0 Å². The Bertz CT molecular complexity index is 560. The van der Waals surface area contributed by atoms with Crippen LogP contribution in [0, 0.1) is 5.92 Å². The number of carbonyl (C=O) groups is 2. The number of amides is 1. The van der Waals surface area contributed by atoms with Gasteiger partial charge in [0.2, 0.25) is 0 Å². The van der Waals surface area contributed by atoms with Gasteiger partial charge in [0, 0.05) is 11.0 Å². The summed E-state index contributed by atoms with van der Waals surface area (Å²) in [5.74, 6) is 0.631. The minimum Gasteiger partial charge on any atom is -0.493 e. The average molecular weight is 388 g/mol. The molecule has 1 aromatic rings. The quantitative estimate of drug-likeness (QED) is 0.692. The summed E-state index contributed by atoms with van der Waals surface area (Å²) in [4.78, 5) is 23.4. The lowest BCUT2D eigenvalue weighted by molar-refractivity contribution is -0.147. The number of rotatable bonds is 8. The van der Waals surface area contributed by atoms with E-state index in [-0.39, 0.29) is 18.9 Å². The number of halogens is 1. The molecule has 0 atom stereocenters. The summed E-state index contributed by atoms with van der Waals surface area (Å²) in [7, 11) is 3.06. The highest BCUT2D eigenvalue weighted by atomic mass is 79.9. The van der Waals surface area contributed by atoms with Crippen LogP contribution in [0.2, 0.25) is 0 Å². The molecule has 0 aromatic heterocycles. The molecule has 0 spiro atoms. The van der Waals surface area contributed by atoms with Crippen LogP contribution < -0.4 is 14.8 Å². The Morgan fingerprint density at radius 2 is 1.78 bits per heavy atom. The SMILES string of the molecule is COc1cc(Br)c(CC(=O)OCC(=O)NCC(C)C)cc1OC. The largest absolute Gasteiger partial charge is 0.493 e. The van der Waals surface area contributed by atoms with Crippen molar-refractivity contribution in [1.29, 1.82) is 0 Å². The Labute approximate surface area is 144 Å². The first-order chi connectivity index (χ1) is 10.9. The summed E-state index contributed by atoms with van der Waals surface area (Å²) in [6.07, 6.45) is 0.0262. The van der Waals surface area contributed by atoms with Crippen LogP contribution in [-0.4, -0.2) is 39.2 Å². The summed E-state index contributed by atoms with van der Waals surface area (Å²) in [6.45, 7) is 4.25. The lowest BCUT2D eigenvalue weighted by atomic mass is 10.1. The van der Waals surface area contributed by atoms with Crippen molar-refractivity contribution in [3.8, 4) is 11.5 Å². The molecule has 0 radical (unpaired) electrons. The molecule has 6 nitrogen and oxygen atoms in total. The maximum Gasteiger partial charge on any atom is 0.310 e. The van der Waals surface area contributed by atoms with E-state index in [0.29, 0.717) is 34.0 Å². The van der Waals surface area contributed by atoms with Gasteiger partial charge in [-0.3, -0.25) is 9.59 Å². The van der Waals surface area contributed by atoms with Gasteiger partial charge < -0.3 is 19.5 Å². The molecule has 0 fully saturated rings. The molecule has 0 saturated heterocycles. The van der Waals surface area contributed by atoms with Gasteiger partial charge in [-0.1, -0.05) is 29.8 Å². The highest BCUT2D eigenvalue weighted by molar-refractivity contribution is 9.10. The molecule has 0 aliphatic heterocycles. The third-order valence-electron chi connectivity index (χ3n) is 2.96. The van der Waals surface area contributed by atoms with Gasteiger partial charge >= 0.3 is 5.97 Å². The minimum absolute atomic E-state index is 0.0262. The molecule has 1 N–H and O–H groups in total. The Morgan fingerprint density at radius 1 is 1.17 bits per heavy atom. The zero-order valence-electron chi connectivity index (χ0n) is 13.8. The van der Waals surface area contributed by atoms with E-state index in [2.05, 4.69) is 21.2 Å². The smallest absolute Gasteiger partial charge is 0.310 e. The summed E-state index contributed by atoms with van der Waals surface area (Å²) in [6, 6.07) is 3.42. The first kappa shape index (κ1) is 19.3. The second-order valence-electron chi connectivity index (χ2n) is 5.33. The molecule has 128 valence electrons. The van der Waals surface area contributed by atoms with Gasteiger partial charge in [0.1, 0.15) is 0 Å². The van der Waals surface area contributed by atoms with Crippen LogP contribution in [0.25, 0.3) is 0 Å². The fourth-order valence-corrected chi connectivity index (χ4v) is 2.22. The predicted molar refractivity (Wildman–Crippen MR) is 89.8 cm³/mol. The molecule has 1 amide bonds. The second-order valence-corrected chi connectivity index (χ2v) is 6.19. The number of hydrogen-bond acceptors (Lipinski definition) is 5. The van der Waals surface area contributed by atoms with Crippen LogP contribution in [0.4, 0.5) is 0 Å². The monoisotopic (exact) mass is 387 g/mol. The number of hydrogen-bond donors (Lipinski definition) is 1. The zero-order chi connectivity index (χ0) is 17.4. The summed E-state index contributed by atoms with van der Waals surface area (Å²) >= 11 is 3.38. The molecule has 0 unspecified atom stereocenters. The van der Waals surface area contributed by atoms with Crippen molar-refractivity contribution in [3.05, 3.63) is 22.2 Å². The van der Waals surface area contributed by atoms with Gasteiger partial charge in [0.15, 0.2) is 18.1 Å². The number of ether oxygens (including phenoxy) is 3. The standard InChI is InChI=1S/C16H22BrNO5/c1-10(2)8-18-15(19)9-23-16(20)6-11-5-13(21-3)14(22-4)7-12(11)17/h5,7,10H,6,8-9H2,1-4H3,(H,18,19). The van der Waals surface area contributed by atoms with Crippen molar-refractivity contribution in [2.75, 3.05) is 27.4 Å². The Kier molecular flexibility index (Phi) is 7.88. The van der Waals surface area contributed by atoms with Crippen molar-refractivity contribution in [2.24, 2.45) is 5.92 Å². The van der Waals surface area contributed by atoms with E-state index in [4.69, 9.17) is 14.2 Å². The lowest BCUT2D eigenvalue weighted by Gasteiger charge is -2.12. The molecule has 0 saturated carbocycles. The third-order valence-corrected chi connectivity index (χ3v) is 3.70. The molecule has 1 aromatic carbocycles. The first-order valence-electron chi connectivity index (χ1n) is 7.20. The molecule has 0 heterocycles. The fourth-order valence-electron chi connectivity index (χ4n) is 1.75. The van der Waals surface area contributed by atoms with Crippen LogP contribution in [0.3, 0.4) is 0 Å². The summed E-state index contributed by atoms with van der Waals surface area (Å²) in [5.41, 5.74) is 0.690. The lowest BCUT2D eigenvalue weighted by Crippen LogP contribution is -2.31. The maximum atomic E-state index is 11.9. The van der Waals surface area contributed by atoms with Gasteiger partial charge in [0.25, 0.3) is 5.91 Å². The average Bonchev–Trinajstić information content (AvgIpc) is 2.52. The highest BCUT2D eigenvalue weighted by Crippen LogP contribution is 2.33. The molecule has 1 rings (SSSR count). The molecule has 0 bridgehead atoms. The molecule has 23 heavy (non-hydrogen) atoms. The molecular weight excluding hydrogens is 366 g/mol. The summed E-state index contributed by atoms with van der Waals surface area (Å²) in [5, 5.41) is 2.68. The van der Waals surface area contributed by atoms with Crippen molar-refractivity contribution in [1.82, 2.24) is 5.32 Å². The van der Waals surface area contributed by atoms with Crippen LogP contribution >= 0.6 is 15.9 Å². The van der Waals surface area contributed by atoms with E-state index in [1.165, 1.54) is 14.2 Å². The number of esters is 1. The van der Waals surface area contributed by atoms with E-state index < -0.39 is 5.97 Å². The molecule has 0 aliphatic rings. The van der Waals surface area contributed by atoms with Gasteiger partial charge in [-0.05, 0) is 23.6 Å². The first-order valence-corrected chi connectivity index (χ1v) is 7.99. The van der Waals surface area contributed by atoms with Gasteiger partial charge in [-0.2, -0.15) is 0 Å². The Balaban J connectivity index is 2.59. The predicted octanol–water partition coefficient (Wildman–Crippen LogP) is 2.32. The zero-order valence-corrected chi connectivity index (χ0v) is 15.4. The summed E-state index contributed by atoms with van der Waals surface area (Å²) < 4.78 is 16.1. The number of nitrogens with one attached hydrogen (secondary N) is 1. The van der Waals surface area contributed by atoms with Gasteiger partial charge in [0.05, 0.1) is 20.6 Å². The van der Waals surface area contributed by atoms with E-state index in [1.807, 2.05) is 13.8 Å². The van der Waals surface area contributed by atoms with E-state index in [0.717, 1.165) is 0 Å². The number of benzene rings is 1. The fraction of sp³-hybridized carbons (Fsp3) is 0.500. The minimum atomic E-state index is -0.488. The van der Waals surface area contributed by atoms with Crippen LogP contribution in [0.1, 0.15) is 19.4 Å². The molecular formula is C16H22BrNO5. The van der Waals surface area contributed by atoms with Crippen molar-refractivity contribution < 1.29 is 23.8 Å². The van der Waals surface area contributed by atoms with Gasteiger partial charge in [-0.25, -0.2) is 0 Å². The third kappa shape index (κ3) is 6.48. The van der Waals surface area contributed by atoms with Crippen molar-refractivity contribution in [3.63, 3.8) is 0 Å². The number of carbonyl (C=O) groups excluding carboxylic acids is 2. The van der Waals surface area contributed by atoms with E-state index >= 15 is 0 Å². The normalized spacial score (nSPS) is 10.3. The van der Waals surface area contributed by atoms with Crippen LogP contribution in [0.15, 0.2) is 16.6 Å². The maximum absolute atomic E-state index is 11.9. The number of methoxy groups -OCH3 is 2. The molecule has 0 aliphatic carbocycles. The van der Waals surface area contributed by atoms with Crippen molar-refractivity contribution in [2.45, 2.75) is 20.3 Å². The second kappa shape index (κ2) is 9.39. The van der Waals surface area contributed by atoms with Crippen molar-refractivity contribution >= 4 is 27.8 Å². The Hall–Kier alpha value is -1.76. The van der Waals surface area contributed by atoms with E-state index in [9.17, 15) is 9.59 Å². The van der Waals surface area contributed by atoms with Crippen LogP contribution in [-0.2, 0) is 20.7 Å². The van der Waals surface area contributed by atoms with Crippen LogP contribution in [0.5, 0.6) is 11.5 Å². The van der Waals surface area contributed by atoms with E-state index in [1.54, 1.807) is 12.1 Å². The highest BCUT2D eigenvalue weighted by Gasteiger charge is 2.14. The Morgan fingerprint density at radius 3 is 2.35 bits per heavy atom.